The third kappa shape index (κ3) is 3.63. The lowest BCUT2D eigenvalue weighted by Gasteiger charge is -2.08. The van der Waals surface area contributed by atoms with Crippen molar-refractivity contribution in [1.29, 1.82) is 0 Å². The first-order valence-electron chi connectivity index (χ1n) is 8.41. The van der Waals surface area contributed by atoms with Gasteiger partial charge in [0, 0.05) is 10.6 Å². The minimum Gasteiger partial charge on any atom is -0.496 e. The highest BCUT2D eigenvalue weighted by atomic mass is 35.5. The van der Waals surface area contributed by atoms with Gasteiger partial charge in [0.25, 0.3) is 0 Å². The van der Waals surface area contributed by atoms with Gasteiger partial charge >= 0.3 is 11.8 Å². The molecule has 0 bridgehead atoms. The molecular weight excluding hydrogens is 380 g/mol. The maximum absolute atomic E-state index is 12.2. The number of ether oxygens (including phenoxy) is 2. The summed E-state index contributed by atoms with van der Waals surface area (Å²) in [6, 6.07) is 21.7. The molecule has 6 nitrogen and oxygen atoms in total. The summed E-state index contributed by atoms with van der Waals surface area (Å²) in [6.45, 7) is 0. The monoisotopic (exact) mass is 394 g/mol. The van der Waals surface area contributed by atoms with Gasteiger partial charge in [0.1, 0.15) is 11.5 Å². The Bertz CT molecular complexity index is 1150. The van der Waals surface area contributed by atoms with Crippen LogP contribution in [0.2, 0.25) is 5.02 Å². The SMILES string of the molecule is COc1ccccc1-c1ccc(-n2nc(Oc3ccc(Cl)cc3)oc2=O)cc1. The van der Waals surface area contributed by atoms with E-state index in [4.69, 9.17) is 25.5 Å². The summed E-state index contributed by atoms with van der Waals surface area (Å²) in [4.78, 5) is 12.2. The van der Waals surface area contributed by atoms with Crippen LogP contribution >= 0.6 is 11.6 Å². The Morgan fingerprint density at radius 3 is 2.39 bits per heavy atom. The third-order valence-corrected chi connectivity index (χ3v) is 4.33. The van der Waals surface area contributed by atoms with Crippen LogP contribution in [0, 0.1) is 0 Å². The third-order valence-electron chi connectivity index (χ3n) is 4.08. The first-order valence-corrected chi connectivity index (χ1v) is 8.79. The molecule has 0 aliphatic rings. The molecule has 0 N–H and O–H groups in total. The summed E-state index contributed by atoms with van der Waals surface area (Å²) < 4.78 is 17.1. The second kappa shape index (κ2) is 7.62. The van der Waals surface area contributed by atoms with Crippen molar-refractivity contribution < 1.29 is 13.9 Å². The van der Waals surface area contributed by atoms with E-state index in [1.54, 1.807) is 43.5 Å². The average molecular weight is 395 g/mol. The summed E-state index contributed by atoms with van der Waals surface area (Å²) in [6.07, 6.45) is -0.152. The molecule has 3 aromatic carbocycles. The molecule has 4 rings (SSSR count). The standard InChI is InChI=1S/C21H15ClN2O4/c1-26-19-5-3-2-4-18(19)14-6-10-16(11-7-14)24-21(25)28-20(23-24)27-17-12-8-15(22)9-13-17/h2-13H,1H3. The Hall–Kier alpha value is -3.51. The number of benzene rings is 3. The molecule has 0 aliphatic carbocycles. The summed E-state index contributed by atoms with van der Waals surface area (Å²) in [5, 5.41) is 4.67. The Labute approximate surface area is 165 Å². The van der Waals surface area contributed by atoms with Gasteiger partial charge in [0.15, 0.2) is 0 Å². The van der Waals surface area contributed by atoms with E-state index in [2.05, 4.69) is 5.10 Å². The van der Waals surface area contributed by atoms with E-state index < -0.39 is 5.76 Å². The van der Waals surface area contributed by atoms with Gasteiger partial charge in [-0.05, 0) is 48.0 Å². The molecule has 0 amide bonds. The fourth-order valence-electron chi connectivity index (χ4n) is 2.73. The van der Waals surface area contributed by atoms with Gasteiger partial charge in [-0.25, -0.2) is 4.79 Å². The molecule has 0 aliphatic heterocycles. The van der Waals surface area contributed by atoms with Crippen LogP contribution in [0.25, 0.3) is 16.8 Å². The number of nitrogens with zero attached hydrogens (tertiary/aromatic N) is 2. The fraction of sp³-hybridized carbons (Fsp3) is 0.0476. The number of hydrogen-bond acceptors (Lipinski definition) is 5. The maximum atomic E-state index is 12.2. The lowest BCUT2D eigenvalue weighted by Crippen LogP contribution is -2.13. The molecule has 1 heterocycles. The predicted molar refractivity (Wildman–Crippen MR) is 106 cm³/mol. The van der Waals surface area contributed by atoms with Crippen molar-refractivity contribution >= 4 is 11.6 Å². The Morgan fingerprint density at radius 1 is 0.964 bits per heavy atom. The van der Waals surface area contributed by atoms with Crippen molar-refractivity contribution in [2.75, 3.05) is 7.11 Å². The van der Waals surface area contributed by atoms with Crippen LogP contribution in [0.15, 0.2) is 82.0 Å². The van der Waals surface area contributed by atoms with Crippen molar-refractivity contribution in [3.05, 3.63) is 88.4 Å². The molecule has 7 heteroatoms. The van der Waals surface area contributed by atoms with E-state index in [0.717, 1.165) is 21.6 Å². The molecule has 0 saturated carbocycles. The van der Waals surface area contributed by atoms with Crippen LogP contribution in [-0.2, 0) is 0 Å². The molecule has 140 valence electrons. The van der Waals surface area contributed by atoms with Crippen molar-refractivity contribution in [3.63, 3.8) is 0 Å². The number of rotatable bonds is 5. The van der Waals surface area contributed by atoms with E-state index in [0.29, 0.717) is 16.5 Å². The first-order chi connectivity index (χ1) is 13.6. The van der Waals surface area contributed by atoms with Gasteiger partial charge < -0.3 is 13.9 Å². The Balaban J connectivity index is 1.60. The van der Waals surface area contributed by atoms with Crippen LogP contribution in [0.3, 0.4) is 0 Å². The van der Waals surface area contributed by atoms with Crippen LogP contribution in [0.4, 0.5) is 0 Å². The molecule has 0 unspecified atom stereocenters. The van der Waals surface area contributed by atoms with Gasteiger partial charge in [0.05, 0.1) is 12.8 Å². The highest BCUT2D eigenvalue weighted by Gasteiger charge is 2.13. The molecule has 28 heavy (non-hydrogen) atoms. The molecular formula is C21H15ClN2O4. The molecule has 4 aromatic rings. The van der Waals surface area contributed by atoms with Crippen LogP contribution in [0.5, 0.6) is 17.6 Å². The largest absolute Gasteiger partial charge is 0.496 e. The van der Waals surface area contributed by atoms with Crippen molar-refractivity contribution in [1.82, 2.24) is 9.78 Å². The molecule has 0 spiro atoms. The van der Waals surface area contributed by atoms with E-state index in [-0.39, 0.29) is 6.08 Å². The van der Waals surface area contributed by atoms with E-state index >= 15 is 0 Å². The van der Waals surface area contributed by atoms with Crippen LogP contribution < -0.4 is 15.2 Å². The summed E-state index contributed by atoms with van der Waals surface area (Å²) >= 11 is 5.84. The van der Waals surface area contributed by atoms with Gasteiger partial charge in [-0.2, -0.15) is 4.68 Å². The number of aromatic nitrogens is 2. The van der Waals surface area contributed by atoms with Gasteiger partial charge in [-0.3, -0.25) is 0 Å². The summed E-state index contributed by atoms with van der Waals surface area (Å²) in [5.41, 5.74) is 2.46. The zero-order chi connectivity index (χ0) is 19.5. The van der Waals surface area contributed by atoms with Gasteiger partial charge in [0.2, 0.25) is 0 Å². The quantitative estimate of drug-likeness (QED) is 0.479. The topological polar surface area (TPSA) is 66.5 Å². The molecule has 1 aromatic heterocycles. The summed E-state index contributed by atoms with van der Waals surface area (Å²) in [7, 11) is 1.63. The second-order valence-electron chi connectivity index (χ2n) is 5.85. The minimum atomic E-state index is -0.644. The highest BCUT2D eigenvalue weighted by molar-refractivity contribution is 6.30. The number of para-hydroxylation sites is 1. The Morgan fingerprint density at radius 2 is 1.68 bits per heavy atom. The highest BCUT2D eigenvalue weighted by Crippen LogP contribution is 2.30. The number of methoxy groups -OCH3 is 1. The normalized spacial score (nSPS) is 10.6. The lowest BCUT2D eigenvalue weighted by atomic mass is 10.0. The van der Waals surface area contributed by atoms with E-state index in [1.807, 2.05) is 36.4 Å². The average Bonchev–Trinajstić information content (AvgIpc) is 3.10. The minimum absolute atomic E-state index is 0.152. The van der Waals surface area contributed by atoms with Gasteiger partial charge in [-0.1, -0.05) is 47.0 Å². The smallest absolute Gasteiger partial charge is 0.444 e. The molecule has 0 atom stereocenters. The fourth-order valence-corrected chi connectivity index (χ4v) is 2.86. The lowest BCUT2D eigenvalue weighted by molar-refractivity contribution is 0.320. The molecule has 0 fully saturated rings. The van der Waals surface area contributed by atoms with Crippen LogP contribution in [-0.4, -0.2) is 16.9 Å². The van der Waals surface area contributed by atoms with E-state index in [1.165, 1.54) is 0 Å². The van der Waals surface area contributed by atoms with Crippen molar-refractivity contribution in [2.45, 2.75) is 0 Å². The second-order valence-corrected chi connectivity index (χ2v) is 6.29. The molecule has 0 saturated heterocycles. The molecule has 0 radical (unpaired) electrons. The van der Waals surface area contributed by atoms with Crippen molar-refractivity contribution in [2.24, 2.45) is 0 Å². The zero-order valence-electron chi connectivity index (χ0n) is 14.8. The van der Waals surface area contributed by atoms with Crippen molar-refractivity contribution in [3.8, 4) is 34.4 Å². The predicted octanol–water partition coefficient (Wildman–Crippen LogP) is 4.95. The van der Waals surface area contributed by atoms with Gasteiger partial charge in [-0.15, -0.1) is 0 Å². The van der Waals surface area contributed by atoms with E-state index in [9.17, 15) is 4.79 Å². The number of hydrogen-bond donors (Lipinski definition) is 0. The summed E-state index contributed by atoms with van der Waals surface area (Å²) in [5.74, 6) is 0.589. The van der Waals surface area contributed by atoms with Crippen LogP contribution in [0.1, 0.15) is 0 Å². The number of halogens is 1. The first kappa shape index (κ1) is 17.9. The zero-order valence-corrected chi connectivity index (χ0v) is 15.6. The maximum Gasteiger partial charge on any atom is 0.444 e. The Kier molecular flexibility index (Phi) is 4.87.